The Balaban J connectivity index is 1.37. The van der Waals surface area contributed by atoms with Gasteiger partial charge in [0.1, 0.15) is 12.6 Å². The highest BCUT2D eigenvalue weighted by Crippen LogP contribution is 2.44. The summed E-state index contributed by atoms with van der Waals surface area (Å²) in [6.45, 7) is 2.24. The Morgan fingerprint density at radius 1 is 0.938 bits per heavy atom. The maximum absolute atomic E-state index is 12.5. The van der Waals surface area contributed by atoms with Crippen molar-refractivity contribution in [3.8, 4) is 11.1 Å². The third-order valence-corrected chi connectivity index (χ3v) is 6.06. The predicted octanol–water partition coefficient (Wildman–Crippen LogP) is 5.17. The van der Waals surface area contributed by atoms with Crippen LogP contribution >= 0.6 is 0 Å². The molecular weight excluding hydrogens is 402 g/mol. The quantitative estimate of drug-likeness (QED) is 0.518. The second kappa shape index (κ2) is 9.69. The first-order chi connectivity index (χ1) is 15.6. The van der Waals surface area contributed by atoms with Gasteiger partial charge in [0.15, 0.2) is 0 Å². The summed E-state index contributed by atoms with van der Waals surface area (Å²) in [5, 5.41) is 12.1. The molecule has 0 radical (unpaired) electrons. The number of carbonyl (C=O) groups excluding carboxylic acids is 1. The number of nitrogens with one attached hydrogen (secondary N) is 1. The molecule has 0 saturated carbocycles. The maximum atomic E-state index is 12.5. The van der Waals surface area contributed by atoms with Crippen LogP contribution < -0.4 is 5.32 Å². The number of carbonyl (C=O) groups is 2. The molecule has 1 aliphatic carbocycles. The van der Waals surface area contributed by atoms with Crippen molar-refractivity contribution in [2.45, 2.75) is 38.1 Å². The average Bonchev–Trinajstić information content (AvgIpc) is 3.14. The number of aryl methyl sites for hydroxylation is 2. The number of carboxylic acids is 1. The van der Waals surface area contributed by atoms with Gasteiger partial charge in [-0.15, -0.1) is 0 Å². The molecule has 0 bridgehead atoms. The van der Waals surface area contributed by atoms with Crippen molar-refractivity contribution in [2.75, 3.05) is 6.61 Å². The molecule has 32 heavy (non-hydrogen) atoms. The van der Waals surface area contributed by atoms with E-state index in [-0.39, 0.29) is 12.5 Å². The Hall–Kier alpha value is -3.60. The van der Waals surface area contributed by atoms with Crippen LogP contribution in [0.5, 0.6) is 0 Å². The zero-order valence-electron chi connectivity index (χ0n) is 18.1. The number of hydrogen-bond donors (Lipinski definition) is 2. The van der Waals surface area contributed by atoms with Gasteiger partial charge in [0.25, 0.3) is 0 Å². The molecule has 0 heterocycles. The lowest BCUT2D eigenvalue weighted by Gasteiger charge is -2.17. The number of benzene rings is 3. The highest BCUT2D eigenvalue weighted by molar-refractivity contribution is 5.81. The second-order valence-corrected chi connectivity index (χ2v) is 8.07. The summed E-state index contributed by atoms with van der Waals surface area (Å²) in [4.78, 5) is 24.2. The molecule has 0 unspecified atom stereocenters. The molecule has 2 N–H and O–H groups in total. The minimum absolute atomic E-state index is 0.0618. The summed E-state index contributed by atoms with van der Waals surface area (Å²) in [7, 11) is 0. The van der Waals surface area contributed by atoms with E-state index in [0.717, 1.165) is 34.2 Å². The number of rotatable bonds is 8. The zero-order chi connectivity index (χ0) is 22.5. The van der Waals surface area contributed by atoms with Crippen LogP contribution in [0.1, 0.15) is 41.5 Å². The van der Waals surface area contributed by atoms with Crippen LogP contribution in [0, 0.1) is 0 Å². The van der Waals surface area contributed by atoms with Gasteiger partial charge in [-0.05, 0) is 52.6 Å². The number of alkyl carbamates (subject to hydrolysis) is 1. The fraction of sp³-hybridized carbons (Fsp3) is 0.259. The molecule has 0 aliphatic heterocycles. The summed E-state index contributed by atoms with van der Waals surface area (Å²) in [6, 6.07) is 23.3. The third-order valence-electron chi connectivity index (χ3n) is 6.06. The predicted molar refractivity (Wildman–Crippen MR) is 124 cm³/mol. The van der Waals surface area contributed by atoms with Gasteiger partial charge in [0.2, 0.25) is 0 Å². The minimum atomic E-state index is -1.06. The molecule has 3 aromatic rings. The normalized spacial score (nSPS) is 13.2. The summed E-state index contributed by atoms with van der Waals surface area (Å²) < 4.78 is 5.50. The molecule has 164 valence electrons. The molecule has 1 atom stereocenters. The fourth-order valence-electron chi connectivity index (χ4n) is 4.36. The molecule has 1 amide bonds. The topological polar surface area (TPSA) is 75.6 Å². The van der Waals surface area contributed by atoms with Crippen molar-refractivity contribution < 1.29 is 19.4 Å². The van der Waals surface area contributed by atoms with Crippen molar-refractivity contribution in [1.29, 1.82) is 0 Å². The lowest BCUT2D eigenvalue weighted by molar-refractivity contribution is -0.139. The van der Waals surface area contributed by atoms with E-state index in [2.05, 4.69) is 30.4 Å². The largest absolute Gasteiger partial charge is 0.480 e. The lowest BCUT2D eigenvalue weighted by Crippen LogP contribution is -2.41. The van der Waals surface area contributed by atoms with E-state index in [1.807, 2.05) is 54.6 Å². The van der Waals surface area contributed by atoms with Gasteiger partial charge in [0.05, 0.1) is 0 Å². The van der Waals surface area contributed by atoms with Crippen molar-refractivity contribution in [2.24, 2.45) is 0 Å². The first-order valence-electron chi connectivity index (χ1n) is 11.0. The number of hydrogen-bond acceptors (Lipinski definition) is 3. The summed E-state index contributed by atoms with van der Waals surface area (Å²) >= 11 is 0. The number of ether oxygens (including phenoxy) is 1. The summed E-state index contributed by atoms with van der Waals surface area (Å²) in [5.41, 5.74) is 6.80. The standard InChI is InChI=1S/C27H27NO4/c1-2-18-8-7-9-19(16-18)14-15-25(26(29)30)28-27(31)32-17-24-22-12-5-3-10-20(22)21-11-4-6-13-23(21)24/h3-13,16,24-25H,2,14-15,17H2,1H3,(H,28,31)(H,29,30)/t25-/m1/s1. The molecule has 4 rings (SSSR count). The van der Waals surface area contributed by atoms with Gasteiger partial charge in [-0.3, -0.25) is 0 Å². The van der Waals surface area contributed by atoms with Gasteiger partial charge in [0, 0.05) is 5.92 Å². The van der Waals surface area contributed by atoms with Gasteiger partial charge >= 0.3 is 12.1 Å². The van der Waals surface area contributed by atoms with Crippen molar-refractivity contribution >= 4 is 12.1 Å². The maximum Gasteiger partial charge on any atom is 0.407 e. The van der Waals surface area contributed by atoms with Crippen LogP contribution in [0.3, 0.4) is 0 Å². The van der Waals surface area contributed by atoms with E-state index < -0.39 is 18.1 Å². The fourth-order valence-corrected chi connectivity index (χ4v) is 4.36. The van der Waals surface area contributed by atoms with Crippen LogP contribution in [0.4, 0.5) is 4.79 Å². The molecule has 0 fully saturated rings. The molecular formula is C27H27NO4. The number of aliphatic carboxylic acids is 1. The Bertz CT molecular complexity index is 1080. The van der Waals surface area contributed by atoms with Crippen molar-refractivity contribution in [1.82, 2.24) is 5.32 Å². The van der Waals surface area contributed by atoms with E-state index >= 15 is 0 Å². The SMILES string of the molecule is CCc1cccc(CC[C@@H](NC(=O)OCC2c3ccccc3-c3ccccc32)C(=O)O)c1. The van der Waals surface area contributed by atoms with Crippen LogP contribution in [-0.2, 0) is 22.4 Å². The highest BCUT2D eigenvalue weighted by Gasteiger charge is 2.29. The van der Waals surface area contributed by atoms with Gasteiger partial charge < -0.3 is 15.2 Å². The van der Waals surface area contributed by atoms with Gasteiger partial charge in [-0.25, -0.2) is 9.59 Å². The summed E-state index contributed by atoms with van der Waals surface area (Å²) in [6.07, 6.45) is 1.08. The molecule has 1 aliphatic rings. The molecule has 5 nitrogen and oxygen atoms in total. The Morgan fingerprint density at radius 3 is 2.19 bits per heavy atom. The van der Waals surface area contributed by atoms with E-state index in [4.69, 9.17) is 4.74 Å². The van der Waals surface area contributed by atoms with Crippen LogP contribution in [0.15, 0.2) is 72.8 Å². The van der Waals surface area contributed by atoms with E-state index in [9.17, 15) is 14.7 Å². The van der Waals surface area contributed by atoms with Crippen molar-refractivity contribution in [3.05, 3.63) is 95.1 Å². The first kappa shape index (κ1) is 21.6. The molecule has 5 heteroatoms. The number of carboxylic acid groups (broad SMARTS) is 1. The summed E-state index contributed by atoms with van der Waals surface area (Å²) in [5.74, 6) is -1.13. The van der Waals surface area contributed by atoms with Crippen LogP contribution in [0.25, 0.3) is 11.1 Å². The average molecular weight is 430 g/mol. The third kappa shape index (κ3) is 4.67. The highest BCUT2D eigenvalue weighted by atomic mass is 16.5. The molecule has 0 saturated heterocycles. The Kier molecular flexibility index (Phi) is 6.55. The second-order valence-electron chi connectivity index (χ2n) is 8.07. The van der Waals surface area contributed by atoms with Crippen LogP contribution in [-0.4, -0.2) is 29.8 Å². The Labute approximate surface area is 188 Å². The smallest absolute Gasteiger partial charge is 0.407 e. The molecule has 0 spiro atoms. The van der Waals surface area contributed by atoms with E-state index in [1.54, 1.807) is 0 Å². The molecule has 0 aromatic heterocycles. The van der Waals surface area contributed by atoms with Crippen molar-refractivity contribution in [3.63, 3.8) is 0 Å². The lowest BCUT2D eigenvalue weighted by atomic mass is 9.98. The van der Waals surface area contributed by atoms with E-state index in [1.165, 1.54) is 5.56 Å². The Morgan fingerprint density at radius 2 is 1.56 bits per heavy atom. The monoisotopic (exact) mass is 429 g/mol. The minimum Gasteiger partial charge on any atom is -0.480 e. The van der Waals surface area contributed by atoms with E-state index in [0.29, 0.717) is 12.8 Å². The van der Waals surface area contributed by atoms with Crippen LogP contribution in [0.2, 0.25) is 0 Å². The zero-order valence-corrected chi connectivity index (χ0v) is 18.1. The van der Waals surface area contributed by atoms with Gasteiger partial charge in [-0.1, -0.05) is 79.7 Å². The molecule has 3 aromatic carbocycles. The number of fused-ring (bicyclic) bond motifs is 3. The first-order valence-corrected chi connectivity index (χ1v) is 11.0. The van der Waals surface area contributed by atoms with Gasteiger partial charge in [-0.2, -0.15) is 0 Å². The number of amides is 1.